The van der Waals surface area contributed by atoms with Crippen LogP contribution in [-0.4, -0.2) is 39.8 Å². The van der Waals surface area contributed by atoms with E-state index in [2.05, 4.69) is 11.6 Å². The minimum Gasteiger partial charge on any atom is -0.490 e. The normalized spacial score (nSPS) is 17.2. The van der Waals surface area contributed by atoms with Crippen molar-refractivity contribution in [2.75, 3.05) is 18.1 Å². The second-order valence-electron chi connectivity index (χ2n) is 6.27. The van der Waals surface area contributed by atoms with Gasteiger partial charge < -0.3 is 19.3 Å². The number of rotatable bonds is 8. The Labute approximate surface area is 147 Å². The number of aromatic nitrogens is 2. The number of aliphatic carboxylic acids is 1. The van der Waals surface area contributed by atoms with Crippen molar-refractivity contribution in [3.63, 3.8) is 0 Å². The molecule has 1 N–H and O–H groups in total. The molecule has 6 heteroatoms. The van der Waals surface area contributed by atoms with Gasteiger partial charge in [-0.1, -0.05) is 12.7 Å². The molecule has 3 rings (SSSR count). The van der Waals surface area contributed by atoms with Crippen LogP contribution >= 0.6 is 0 Å². The van der Waals surface area contributed by atoms with Crippen molar-refractivity contribution in [2.45, 2.75) is 31.8 Å². The number of ether oxygens (including phenoxy) is 1. The van der Waals surface area contributed by atoms with Crippen LogP contribution in [0.15, 0.2) is 49.6 Å². The average Bonchev–Trinajstić information content (AvgIpc) is 3.24. The van der Waals surface area contributed by atoms with Gasteiger partial charge in [0, 0.05) is 37.1 Å². The van der Waals surface area contributed by atoms with Crippen LogP contribution in [0.1, 0.15) is 24.8 Å². The predicted molar refractivity (Wildman–Crippen MR) is 96.2 cm³/mol. The van der Waals surface area contributed by atoms with Crippen LogP contribution in [0.2, 0.25) is 0 Å². The van der Waals surface area contributed by atoms with E-state index in [9.17, 15) is 9.90 Å². The molecule has 0 aliphatic carbocycles. The summed E-state index contributed by atoms with van der Waals surface area (Å²) in [7, 11) is 0. The van der Waals surface area contributed by atoms with E-state index in [1.54, 1.807) is 25.5 Å². The van der Waals surface area contributed by atoms with Crippen LogP contribution in [-0.2, 0) is 11.3 Å². The Morgan fingerprint density at radius 3 is 3.08 bits per heavy atom. The number of hydrogen-bond donors (Lipinski definition) is 1. The number of hydrogen-bond acceptors (Lipinski definition) is 4. The molecule has 6 nitrogen and oxygen atoms in total. The molecule has 2 aromatic rings. The maximum Gasteiger partial charge on any atom is 0.326 e. The van der Waals surface area contributed by atoms with Gasteiger partial charge in [-0.2, -0.15) is 0 Å². The first-order valence-corrected chi connectivity index (χ1v) is 8.43. The quantitative estimate of drug-likeness (QED) is 0.748. The Kier molecular flexibility index (Phi) is 5.07. The van der Waals surface area contributed by atoms with Crippen molar-refractivity contribution in [1.29, 1.82) is 0 Å². The Hall–Kier alpha value is -2.76. The lowest BCUT2D eigenvalue weighted by atomic mass is 9.97. The molecule has 1 aliphatic rings. The number of carboxylic acids is 1. The molecule has 2 unspecified atom stereocenters. The highest BCUT2D eigenvalue weighted by Crippen LogP contribution is 2.41. The predicted octanol–water partition coefficient (Wildman–Crippen LogP) is 2.91. The van der Waals surface area contributed by atoms with Gasteiger partial charge in [0.2, 0.25) is 0 Å². The second kappa shape index (κ2) is 7.42. The van der Waals surface area contributed by atoms with Gasteiger partial charge in [0.25, 0.3) is 0 Å². The van der Waals surface area contributed by atoms with Crippen molar-refractivity contribution in [3.05, 3.63) is 55.1 Å². The molecule has 1 aromatic heterocycles. The Balaban J connectivity index is 1.84. The molecule has 2 heterocycles. The summed E-state index contributed by atoms with van der Waals surface area (Å²) in [5.74, 6) is 0.232. The van der Waals surface area contributed by atoms with Crippen molar-refractivity contribution in [3.8, 4) is 5.75 Å². The third-order valence-corrected chi connectivity index (χ3v) is 4.65. The third-order valence-electron chi connectivity index (χ3n) is 4.65. The van der Waals surface area contributed by atoms with E-state index >= 15 is 0 Å². The Bertz CT molecular complexity index is 742. The van der Waals surface area contributed by atoms with Crippen molar-refractivity contribution in [2.24, 2.45) is 0 Å². The molecule has 0 saturated carbocycles. The van der Waals surface area contributed by atoms with Gasteiger partial charge in [0.15, 0.2) is 0 Å². The fraction of sp³-hybridized carbons (Fsp3) is 0.368. The van der Waals surface area contributed by atoms with E-state index in [1.807, 2.05) is 33.9 Å². The first-order chi connectivity index (χ1) is 12.1. The largest absolute Gasteiger partial charge is 0.490 e. The molecule has 25 heavy (non-hydrogen) atoms. The van der Waals surface area contributed by atoms with E-state index in [0.29, 0.717) is 13.2 Å². The van der Waals surface area contributed by atoms with Crippen LogP contribution < -0.4 is 9.64 Å². The lowest BCUT2D eigenvalue weighted by Gasteiger charge is -2.24. The summed E-state index contributed by atoms with van der Waals surface area (Å²) in [4.78, 5) is 17.5. The average molecular weight is 341 g/mol. The SMILES string of the molecule is C=CCOc1ccc2c(c1)C(CCn1ccnc1)CN2C(C)C(=O)O. The van der Waals surface area contributed by atoms with Gasteiger partial charge in [-0.25, -0.2) is 9.78 Å². The first kappa shape index (κ1) is 17.1. The number of imidazole rings is 1. The lowest BCUT2D eigenvalue weighted by Crippen LogP contribution is -2.38. The van der Waals surface area contributed by atoms with Crippen LogP contribution in [0, 0.1) is 0 Å². The minimum absolute atomic E-state index is 0.256. The van der Waals surface area contributed by atoms with Gasteiger partial charge in [0.05, 0.1) is 6.33 Å². The maximum atomic E-state index is 11.5. The van der Waals surface area contributed by atoms with E-state index < -0.39 is 12.0 Å². The maximum absolute atomic E-state index is 11.5. The Morgan fingerprint density at radius 1 is 1.56 bits per heavy atom. The van der Waals surface area contributed by atoms with E-state index in [1.165, 1.54) is 0 Å². The van der Waals surface area contributed by atoms with Gasteiger partial charge >= 0.3 is 5.97 Å². The van der Waals surface area contributed by atoms with E-state index in [4.69, 9.17) is 4.74 Å². The zero-order valence-corrected chi connectivity index (χ0v) is 14.3. The number of fused-ring (bicyclic) bond motifs is 1. The lowest BCUT2D eigenvalue weighted by molar-refractivity contribution is -0.138. The number of carboxylic acid groups (broad SMARTS) is 1. The van der Waals surface area contributed by atoms with Crippen molar-refractivity contribution < 1.29 is 14.6 Å². The summed E-state index contributed by atoms with van der Waals surface area (Å²) in [6.45, 7) is 7.39. The number of anilines is 1. The molecular formula is C19H23N3O3. The monoisotopic (exact) mass is 341 g/mol. The highest BCUT2D eigenvalue weighted by Gasteiger charge is 2.34. The molecule has 132 valence electrons. The van der Waals surface area contributed by atoms with E-state index in [0.717, 1.165) is 30.0 Å². The molecular weight excluding hydrogens is 318 g/mol. The molecule has 1 aliphatic heterocycles. The molecule has 0 fully saturated rings. The second-order valence-corrected chi connectivity index (χ2v) is 6.27. The first-order valence-electron chi connectivity index (χ1n) is 8.43. The van der Waals surface area contributed by atoms with Crippen LogP contribution in [0.5, 0.6) is 5.75 Å². The Morgan fingerprint density at radius 2 is 2.40 bits per heavy atom. The molecule has 0 spiro atoms. The topological polar surface area (TPSA) is 67.6 Å². The minimum atomic E-state index is -0.812. The highest BCUT2D eigenvalue weighted by atomic mass is 16.5. The number of benzene rings is 1. The van der Waals surface area contributed by atoms with Gasteiger partial charge in [-0.15, -0.1) is 0 Å². The van der Waals surface area contributed by atoms with Gasteiger partial charge in [-0.05, 0) is 37.1 Å². The smallest absolute Gasteiger partial charge is 0.326 e. The summed E-state index contributed by atoms with van der Waals surface area (Å²) >= 11 is 0. The summed E-state index contributed by atoms with van der Waals surface area (Å²) in [5.41, 5.74) is 2.13. The summed E-state index contributed by atoms with van der Waals surface area (Å²) in [5, 5.41) is 9.42. The summed E-state index contributed by atoms with van der Waals surface area (Å²) in [6, 6.07) is 5.33. The molecule has 0 bridgehead atoms. The third kappa shape index (κ3) is 3.68. The zero-order chi connectivity index (χ0) is 17.8. The van der Waals surface area contributed by atoms with Crippen LogP contribution in [0.4, 0.5) is 5.69 Å². The molecule has 2 atom stereocenters. The number of carbonyl (C=O) groups is 1. The van der Waals surface area contributed by atoms with Crippen molar-refractivity contribution >= 4 is 11.7 Å². The fourth-order valence-electron chi connectivity index (χ4n) is 3.27. The summed E-state index contributed by atoms with van der Waals surface area (Å²) < 4.78 is 7.70. The molecule has 0 saturated heterocycles. The molecule has 1 aromatic carbocycles. The number of nitrogens with zero attached hydrogens (tertiary/aromatic N) is 3. The van der Waals surface area contributed by atoms with Gasteiger partial charge in [-0.3, -0.25) is 0 Å². The number of aryl methyl sites for hydroxylation is 1. The molecule has 0 amide bonds. The van der Waals surface area contributed by atoms with E-state index in [-0.39, 0.29) is 5.92 Å². The molecule has 0 radical (unpaired) electrons. The highest BCUT2D eigenvalue weighted by molar-refractivity contribution is 5.79. The van der Waals surface area contributed by atoms with Crippen LogP contribution in [0.25, 0.3) is 0 Å². The fourth-order valence-corrected chi connectivity index (χ4v) is 3.27. The summed E-state index contributed by atoms with van der Waals surface area (Å²) in [6.07, 6.45) is 8.14. The zero-order valence-electron chi connectivity index (χ0n) is 14.3. The van der Waals surface area contributed by atoms with Gasteiger partial charge in [0.1, 0.15) is 18.4 Å². The standard InChI is InChI=1S/C19H23N3O3/c1-3-10-25-16-4-5-18-17(11-16)15(6-8-21-9-7-20-13-21)12-22(18)14(2)19(23)24/h3-5,7,9,11,13-15H,1,6,8,10,12H2,2H3,(H,23,24). The van der Waals surface area contributed by atoms with Crippen LogP contribution in [0.3, 0.4) is 0 Å². The van der Waals surface area contributed by atoms with Crippen molar-refractivity contribution in [1.82, 2.24) is 9.55 Å².